The number of nitro benzene ring substituents is 1. The molecule has 0 spiro atoms. The van der Waals surface area contributed by atoms with Crippen LogP contribution in [-0.2, 0) is 11.2 Å². The van der Waals surface area contributed by atoms with Crippen molar-refractivity contribution < 1.29 is 9.66 Å². The van der Waals surface area contributed by atoms with E-state index in [1.807, 2.05) is 6.07 Å². The van der Waals surface area contributed by atoms with Crippen LogP contribution in [0, 0.1) is 16.0 Å². The molecule has 1 N–H and O–H groups in total. The molecule has 0 amide bonds. The van der Waals surface area contributed by atoms with Crippen LogP contribution < -0.4 is 5.32 Å². The van der Waals surface area contributed by atoms with E-state index in [1.54, 1.807) is 12.1 Å². The third-order valence-corrected chi connectivity index (χ3v) is 4.60. The molecule has 0 aromatic heterocycles. The Kier molecular flexibility index (Phi) is 6.14. The maximum atomic E-state index is 10.8. The van der Waals surface area contributed by atoms with E-state index in [-0.39, 0.29) is 10.6 Å². The zero-order valence-electron chi connectivity index (χ0n) is 12.2. The summed E-state index contributed by atoms with van der Waals surface area (Å²) in [4.78, 5) is 10.4. The quantitative estimate of drug-likeness (QED) is 0.627. The van der Waals surface area contributed by atoms with Crippen molar-refractivity contribution in [3.05, 3.63) is 38.3 Å². The predicted molar refractivity (Wildman–Crippen MR) is 85.5 cm³/mol. The van der Waals surface area contributed by atoms with Crippen molar-refractivity contribution in [3.63, 3.8) is 0 Å². The van der Waals surface area contributed by atoms with Gasteiger partial charge < -0.3 is 10.1 Å². The van der Waals surface area contributed by atoms with Crippen LogP contribution in [0.1, 0.15) is 25.3 Å². The van der Waals surface area contributed by atoms with Crippen LogP contribution in [0.4, 0.5) is 5.69 Å². The van der Waals surface area contributed by atoms with Gasteiger partial charge in [0.1, 0.15) is 0 Å². The number of nitrogens with one attached hydrogen (secondary N) is 1. The molecule has 1 aliphatic heterocycles. The normalized spacial score (nSPS) is 22.2. The average Bonchev–Trinajstić information content (AvgIpc) is 2.48. The summed E-state index contributed by atoms with van der Waals surface area (Å²) in [5.41, 5.74) is 1.21. The van der Waals surface area contributed by atoms with E-state index in [1.165, 1.54) is 0 Å². The van der Waals surface area contributed by atoms with Gasteiger partial charge in [-0.05, 0) is 31.4 Å². The van der Waals surface area contributed by atoms with Crippen LogP contribution in [0.15, 0.2) is 22.7 Å². The molecule has 2 rings (SSSR count). The maximum Gasteiger partial charge on any atom is 0.270 e. The minimum Gasteiger partial charge on any atom is -0.381 e. The number of non-ortho nitro benzene ring substituents is 1. The van der Waals surface area contributed by atoms with Gasteiger partial charge in [-0.2, -0.15) is 0 Å². The molecule has 0 radical (unpaired) electrons. The fourth-order valence-electron chi connectivity index (χ4n) is 2.69. The molecule has 21 heavy (non-hydrogen) atoms. The second-order valence-corrected chi connectivity index (χ2v) is 6.28. The summed E-state index contributed by atoms with van der Waals surface area (Å²) in [5, 5.41) is 14.4. The second-order valence-electron chi connectivity index (χ2n) is 5.42. The number of nitrogens with zero attached hydrogens (tertiary/aromatic N) is 1. The number of halogens is 1. The lowest BCUT2D eigenvalue weighted by atomic mass is 9.89. The van der Waals surface area contributed by atoms with Gasteiger partial charge in [-0.1, -0.05) is 28.9 Å². The molecular formula is C15H21BrN2O3. The standard InChI is InChI=1S/C15H21BrN2O3/c1-2-6-17-15-5-7-21-10-12(15)8-11-3-4-13(18(19)20)9-14(11)16/h3-4,9,12,15,17H,2,5-8,10H2,1H3. The summed E-state index contributed by atoms with van der Waals surface area (Å²) in [6.45, 7) is 4.72. The van der Waals surface area contributed by atoms with E-state index in [9.17, 15) is 10.1 Å². The van der Waals surface area contributed by atoms with Crippen molar-refractivity contribution in [1.29, 1.82) is 0 Å². The third-order valence-electron chi connectivity index (χ3n) is 3.86. The SMILES string of the molecule is CCCNC1CCOCC1Cc1ccc([N+](=O)[O-])cc1Br. The van der Waals surface area contributed by atoms with Gasteiger partial charge in [0.25, 0.3) is 5.69 Å². The summed E-state index contributed by atoms with van der Waals surface area (Å²) < 4.78 is 6.41. The summed E-state index contributed by atoms with van der Waals surface area (Å²) >= 11 is 3.45. The highest BCUT2D eigenvalue weighted by molar-refractivity contribution is 9.10. The van der Waals surface area contributed by atoms with E-state index >= 15 is 0 Å². The molecule has 1 aromatic carbocycles. The fraction of sp³-hybridized carbons (Fsp3) is 0.600. The molecule has 0 bridgehead atoms. The van der Waals surface area contributed by atoms with E-state index in [2.05, 4.69) is 28.2 Å². The Morgan fingerprint density at radius 1 is 1.52 bits per heavy atom. The summed E-state index contributed by atoms with van der Waals surface area (Å²) in [7, 11) is 0. The van der Waals surface area contributed by atoms with Gasteiger partial charge in [0.2, 0.25) is 0 Å². The number of hydrogen-bond donors (Lipinski definition) is 1. The van der Waals surface area contributed by atoms with Crippen LogP contribution in [0.3, 0.4) is 0 Å². The zero-order valence-corrected chi connectivity index (χ0v) is 13.8. The highest BCUT2D eigenvalue weighted by atomic mass is 79.9. The topological polar surface area (TPSA) is 64.4 Å². The summed E-state index contributed by atoms with van der Waals surface area (Å²) in [5.74, 6) is 0.406. The second kappa shape index (κ2) is 7.87. The lowest BCUT2D eigenvalue weighted by Crippen LogP contribution is -2.44. The summed E-state index contributed by atoms with van der Waals surface area (Å²) in [6.07, 6.45) is 3.00. The first-order valence-corrected chi connectivity index (χ1v) is 8.15. The minimum atomic E-state index is -0.371. The highest BCUT2D eigenvalue weighted by Gasteiger charge is 2.26. The Morgan fingerprint density at radius 2 is 2.33 bits per heavy atom. The minimum absolute atomic E-state index is 0.117. The molecular weight excluding hydrogens is 336 g/mol. The molecule has 1 saturated heterocycles. The lowest BCUT2D eigenvalue weighted by molar-refractivity contribution is -0.384. The Hall–Kier alpha value is -0.980. The maximum absolute atomic E-state index is 10.8. The number of rotatable bonds is 6. The van der Waals surface area contributed by atoms with Crippen LogP contribution in [-0.4, -0.2) is 30.7 Å². The monoisotopic (exact) mass is 356 g/mol. The van der Waals surface area contributed by atoms with Crippen LogP contribution >= 0.6 is 15.9 Å². The molecule has 1 fully saturated rings. The van der Waals surface area contributed by atoms with Crippen molar-refractivity contribution in [2.24, 2.45) is 5.92 Å². The van der Waals surface area contributed by atoms with Gasteiger partial charge in [-0.15, -0.1) is 0 Å². The van der Waals surface area contributed by atoms with E-state index in [0.717, 1.165) is 49.1 Å². The lowest BCUT2D eigenvalue weighted by Gasteiger charge is -2.32. The molecule has 2 unspecified atom stereocenters. The molecule has 5 nitrogen and oxygen atoms in total. The Morgan fingerprint density at radius 3 is 3.00 bits per heavy atom. The van der Waals surface area contributed by atoms with Crippen molar-refractivity contribution in [2.45, 2.75) is 32.2 Å². The molecule has 0 aliphatic carbocycles. The number of hydrogen-bond acceptors (Lipinski definition) is 4. The van der Waals surface area contributed by atoms with Gasteiger partial charge in [0.15, 0.2) is 0 Å². The van der Waals surface area contributed by atoms with Crippen LogP contribution in [0.2, 0.25) is 0 Å². The molecule has 1 aromatic rings. The first-order valence-electron chi connectivity index (χ1n) is 7.35. The van der Waals surface area contributed by atoms with Gasteiger partial charge in [-0.3, -0.25) is 10.1 Å². The van der Waals surface area contributed by atoms with Crippen molar-refractivity contribution in [3.8, 4) is 0 Å². The predicted octanol–water partition coefficient (Wildman–Crippen LogP) is 3.30. The first-order chi connectivity index (χ1) is 10.1. The van der Waals surface area contributed by atoms with E-state index < -0.39 is 0 Å². The summed E-state index contributed by atoms with van der Waals surface area (Å²) in [6, 6.07) is 5.44. The van der Waals surface area contributed by atoms with Crippen LogP contribution in [0.25, 0.3) is 0 Å². The highest BCUT2D eigenvalue weighted by Crippen LogP contribution is 2.27. The van der Waals surface area contributed by atoms with Crippen molar-refractivity contribution in [2.75, 3.05) is 19.8 Å². The average molecular weight is 357 g/mol. The molecule has 2 atom stereocenters. The third kappa shape index (κ3) is 4.49. The smallest absolute Gasteiger partial charge is 0.270 e. The van der Waals surface area contributed by atoms with E-state index in [4.69, 9.17) is 4.74 Å². The Balaban J connectivity index is 2.06. The molecule has 116 valence electrons. The number of benzene rings is 1. The molecule has 1 heterocycles. The van der Waals surface area contributed by atoms with Gasteiger partial charge in [0.05, 0.1) is 11.5 Å². The molecule has 0 saturated carbocycles. The largest absolute Gasteiger partial charge is 0.381 e. The first kappa shape index (κ1) is 16.4. The van der Waals surface area contributed by atoms with Crippen LogP contribution in [0.5, 0.6) is 0 Å². The Labute approximate surface area is 133 Å². The van der Waals surface area contributed by atoms with E-state index in [0.29, 0.717) is 12.0 Å². The molecule has 6 heteroatoms. The molecule has 1 aliphatic rings. The number of ether oxygens (including phenoxy) is 1. The van der Waals surface area contributed by atoms with Gasteiger partial charge >= 0.3 is 0 Å². The van der Waals surface area contributed by atoms with Gasteiger partial charge in [0, 0.05) is 35.2 Å². The van der Waals surface area contributed by atoms with Gasteiger partial charge in [-0.25, -0.2) is 0 Å². The van der Waals surface area contributed by atoms with Crippen molar-refractivity contribution >= 4 is 21.6 Å². The Bertz CT molecular complexity index is 496. The number of nitro groups is 1. The fourth-order valence-corrected chi connectivity index (χ4v) is 3.22. The zero-order chi connectivity index (χ0) is 15.2. The van der Waals surface area contributed by atoms with Crippen molar-refractivity contribution in [1.82, 2.24) is 5.32 Å².